The average molecular weight is 455 g/mol. The zero-order chi connectivity index (χ0) is 23.9. The van der Waals surface area contributed by atoms with Crippen molar-refractivity contribution in [2.24, 2.45) is 0 Å². The molecule has 2 heterocycles. The number of rotatable bonds is 8. The number of likely N-dealkylation sites (N-methyl/N-ethyl adjacent to an activating group) is 2. The number of carboxylic acids is 1. The number of anilines is 3. The molecule has 10 heteroatoms. The fourth-order valence-electron chi connectivity index (χ4n) is 4.00. The Morgan fingerprint density at radius 1 is 1.30 bits per heavy atom. The molecule has 0 radical (unpaired) electrons. The highest BCUT2D eigenvalue weighted by Crippen LogP contribution is 2.45. The summed E-state index contributed by atoms with van der Waals surface area (Å²) >= 11 is 0. The predicted octanol–water partition coefficient (Wildman–Crippen LogP) is 2.73. The van der Waals surface area contributed by atoms with Gasteiger partial charge in [0.2, 0.25) is 5.43 Å². The summed E-state index contributed by atoms with van der Waals surface area (Å²) in [6, 6.07) is 5.59. The highest BCUT2D eigenvalue weighted by molar-refractivity contribution is 6.03. The SMILES string of the molecule is COc1c(N(C)CCN(C)c2ccccn2)c(F)c(N)c2c(=O)c(C(=O)O)cn(C3CC3)c12. The first kappa shape index (κ1) is 22.4. The maximum Gasteiger partial charge on any atom is 0.341 e. The number of benzene rings is 1. The number of ether oxygens (including phenoxy) is 1. The molecule has 33 heavy (non-hydrogen) atoms. The molecule has 0 aliphatic heterocycles. The first-order chi connectivity index (χ1) is 15.8. The molecule has 0 saturated heterocycles. The Balaban J connectivity index is 1.83. The molecule has 2 aromatic heterocycles. The van der Waals surface area contributed by atoms with Gasteiger partial charge in [-0.2, -0.15) is 0 Å². The smallest absolute Gasteiger partial charge is 0.341 e. The number of pyridine rings is 2. The molecule has 1 fully saturated rings. The summed E-state index contributed by atoms with van der Waals surface area (Å²) < 4.78 is 22.9. The minimum Gasteiger partial charge on any atom is -0.492 e. The van der Waals surface area contributed by atoms with Crippen molar-refractivity contribution >= 4 is 34.1 Å². The van der Waals surface area contributed by atoms with Gasteiger partial charge in [0.25, 0.3) is 0 Å². The molecular weight excluding hydrogens is 429 g/mol. The van der Waals surface area contributed by atoms with Gasteiger partial charge in [0, 0.05) is 45.6 Å². The maximum absolute atomic E-state index is 15.6. The summed E-state index contributed by atoms with van der Waals surface area (Å²) in [6.07, 6.45) is 4.64. The Kier molecular flexibility index (Phi) is 5.84. The lowest BCUT2D eigenvalue weighted by atomic mass is 10.1. The van der Waals surface area contributed by atoms with Crippen molar-refractivity contribution in [3.63, 3.8) is 0 Å². The van der Waals surface area contributed by atoms with E-state index in [1.807, 2.05) is 30.1 Å². The summed E-state index contributed by atoms with van der Waals surface area (Å²) in [7, 11) is 4.99. The third kappa shape index (κ3) is 3.92. The molecule has 1 aliphatic rings. The highest BCUT2D eigenvalue weighted by Gasteiger charge is 2.32. The van der Waals surface area contributed by atoms with E-state index in [9.17, 15) is 14.7 Å². The van der Waals surface area contributed by atoms with Crippen LogP contribution in [-0.2, 0) is 0 Å². The van der Waals surface area contributed by atoms with Gasteiger partial charge >= 0.3 is 5.97 Å². The number of hydrogen-bond donors (Lipinski definition) is 2. The molecule has 1 saturated carbocycles. The van der Waals surface area contributed by atoms with Crippen LogP contribution in [0.5, 0.6) is 5.75 Å². The van der Waals surface area contributed by atoms with E-state index in [4.69, 9.17) is 10.5 Å². The Bertz CT molecular complexity index is 1270. The highest BCUT2D eigenvalue weighted by atomic mass is 19.1. The standard InChI is InChI=1S/C23H26FN5O4/c1-27(15-6-4-5-9-26-15)10-11-28(2)20-17(24)18(25)16-19(22(20)33-3)29(13-7-8-13)12-14(21(16)30)23(31)32/h4-6,9,12-13H,7-8,10-11,25H2,1-3H3,(H,31,32). The van der Waals surface area contributed by atoms with Crippen LogP contribution in [0.3, 0.4) is 0 Å². The van der Waals surface area contributed by atoms with E-state index >= 15 is 4.39 Å². The fraction of sp³-hybridized carbons (Fsp3) is 0.348. The van der Waals surface area contributed by atoms with Gasteiger partial charge in [-0.05, 0) is 25.0 Å². The molecule has 1 aliphatic carbocycles. The summed E-state index contributed by atoms with van der Waals surface area (Å²) in [5.74, 6) is -1.26. The Morgan fingerprint density at radius 2 is 2.00 bits per heavy atom. The van der Waals surface area contributed by atoms with Crippen molar-refractivity contribution in [3.05, 3.63) is 52.2 Å². The topological polar surface area (TPSA) is 114 Å². The summed E-state index contributed by atoms with van der Waals surface area (Å²) in [5, 5.41) is 9.33. The number of fused-ring (bicyclic) bond motifs is 1. The Morgan fingerprint density at radius 3 is 2.58 bits per heavy atom. The summed E-state index contributed by atoms with van der Waals surface area (Å²) in [6.45, 7) is 0.938. The van der Waals surface area contributed by atoms with Crippen LogP contribution in [0.15, 0.2) is 35.4 Å². The number of nitrogens with zero attached hydrogens (tertiary/aromatic N) is 4. The van der Waals surface area contributed by atoms with Crippen LogP contribution in [0.1, 0.15) is 29.2 Å². The number of halogens is 1. The maximum atomic E-state index is 15.6. The van der Waals surface area contributed by atoms with Gasteiger partial charge in [0.1, 0.15) is 17.1 Å². The van der Waals surface area contributed by atoms with Gasteiger partial charge in [-0.3, -0.25) is 4.79 Å². The van der Waals surface area contributed by atoms with E-state index in [1.165, 1.54) is 13.3 Å². The molecule has 0 atom stereocenters. The molecule has 1 aromatic carbocycles. The number of carbonyl (C=O) groups is 1. The second-order valence-corrected chi connectivity index (χ2v) is 8.18. The van der Waals surface area contributed by atoms with E-state index in [1.54, 1.807) is 22.7 Å². The number of carboxylic acid groups (broad SMARTS) is 1. The second-order valence-electron chi connectivity index (χ2n) is 8.18. The number of nitrogen functional groups attached to an aromatic ring is 1. The Labute approximate surface area is 189 Å². The molecule has 0 amide bonds. The fourth-order valence-corrected chi connectivity index (χ4v) is 4.00. The third-order valence-corrected chi connectivity index (χ3v) is 5.95. The van der Waals surface area contributed by atoms with Gasteiger partial charge in [0.05, 0.1) is 23.7 Å². The third-order valence-electron chi connectivity index (χ3n) is 5.95. The van der Waals surface area contributed by atoms with Crippen molar-refractivity contribution in [3.8, 4) is 5.75 Å². The number of methoxy groups -OCH3 is 1. The van der Waals surface area contributed by atoms with E-state index < -0.39 is 22.8 Å². The van der Waals surface area contributed by atoms with Gasteiger partial charge in [0.15, 0.2) is 11.6 Å². The second kappa shape index (κ2) is 8.61. The van der Waals surface area contributed by atoms with Crippen molar-refractivity contribution in [2.75, 3.05) is 49.8 Å². The average Bonchev–Trinajstić information content (AvgIpc) is 3.65. The van der Waals surface area contributed by atoms with Gasteiger partial charge in [-0.1, -0.05) is 6.07 Å². The van der Waals surface area contributed by atoms with E-state index in [2.05, 4.69) is 4.98 Å². The van der Waals surface area contributed by atoms with Crippen molar-refractivity contribution < 1.29 is 19.0 Å². The lowest BCUT2D eigenvalue weighted by molar-refractivity contribution is 0.0695. The number of hydrogen-bond acceptors (Lipinski definition) is 7. The van der Waals surface area contributed by atoms with Crippen LogP contribution >= 0.6 is 0 Å². The monoisotopic (exact) mass is 455 g/mol. The number of aromatic carboxylic acids is 1. The molecule has 4 rings (SSSR count). The zero-order valence-corrected chi connectivity index (χ0v) is 18.7. The molecule has 9 nitrogen and oxygen atoms in total. The van der Waals surface area contributed by atoms with Crippen LogP contribution in [0, 0.1) is 5.82 Å². The first-order valence-corrected chi connectivity index (χ1v) is 10.6. The normalized spacial score (nSPS) is 13.2. The van der Waals surface area contributed by atoms with Crippen molar-refractivity contribution in [2.45, 2.75) is 18.9 Å². The van der Waals surface area contributed by atoms with Crippen molar-refractivity contribution in [1.29, 1.82) is 0 Å². The van der Waals surface area contributed by atoms with Crippen LogP contribution in [-0.4, -0.2) is 54.9 Å². The molecule has 0 unspecified atom stereocenters. The van der Waals surface area contributed by atoms with Gasteiger partial charge in [-0.15, -0.1) is 0 Å². The lowest BCUT2D eigenvalue weighted by Crippen LogP contribution is -2.32. The van der Waals surface area contributed by atoms with Gasteiger partial charge in [-0.25, -0.2) is 14.2 Å². The number of nitrogens with two attached hydrogens (primary N) is 1. The van der Waals surface area contributed by atoms with Crippen LogP contribution in [0.25, 0.3) is 10.9 Å². The minimum absolute atomic E-state index is 0.00148. The largest absolute Gasteiger partial charge is 0.492 e. The quantitative estimate of drug-likeness (QED) is 0.499. The van der Waals surface area contributed by atoms with E-state index in [-0.39, 0.29) is 28.6 Å². The lowest BCUT2D eigenvalue weighted by Gasteiger charge is -2.28. The van der Waals surface area contributed by atoms with Crippen LogP contribution < -0.4 is 25.7 Å². The molecular formula is C23H26FN5O4. The van der Waals surface area contributed by atoms with E-state index in [0.29, 0.717) is 18.6 Å². The predicted molar refractivity (Wildman–Crippen MR) is 125 cm³/mol. The molecule has 0 bridgehead atoms. The molecule has 0 spiro atoms. The molecule has 174 valence electrons. The zero-order valence-electron chi connectivity index (χ0n) is 18.7. The Hall–Kier alpha value is -3.82. The summed E-state index contributed by atoms with van der Waals surface area (Å²) in [4.78, 5) is 32.5. The molecule has 3 N–H and O–H groups in total. The van der Waals surface area contributed by atoms with Crippen molar-refractivity contribution in [1.82, 2.24) is 9.55 Å². The number of aromatic nitrogens is 2. The molecule has 3 aromatic rings. The van der Waals surface area contributed by atoms with Crippen LogP contribution in [0.4, 0.5) is 21.6 Å². The van der Waals surface area contributed by atoms with Gasteiger partial charge < -0.3 is 29.9 Å². The summed E-state index contributed by atoms with van der Waals surface area (Å²) in [5.41, 5.74) is 4.89. The van der Waals surface area contributed by atoms with E-state index in [0.717, 1.165) is 18.7 Å². The first-order valence-electron chi connectivity index (χ1n) is 10.6. The minimum atomic E-state index is -1.38. The van der Waals surface area contributed by atoms with Crippen LogP contribution in [0.2, 0.25) is 0 Å².